The number of benzene rings is 1. The molecule has 124 valence electrons. The molecule has 1 aromatic carbocycles. The smallest absolute Gasteiger partial charge is 0.276 e. The highest BCUT2D eigenvalue weighted by Gasteiger charge is 2.18. The fourth-order valence-corrected chi connectivity index (χ4v) is 2.39. The van der Waals surface area contributed by atoms with Gasteiger partial charge < -0.3 is 4.52 Å². The zero-order valence-electron chi connectivity index (χ0n) is 13.3. The normalized spacial score (nSPS) is 11.0. The first-order valence-electron chi connectivity index (χ1n) is 7.61. The fourth-order valence-electron chi connectivity index (χ4n) is 2.39. The molecular formula is C17H13FN6O. The summed E-state index contributed by atoms with van der Waals surface area (Å²) in [4.78, 5) is 8.52. The van der Waals surface area contributed by atoms with Crippen molar-refractivity contribution < 1.29 is 8.91 Å². The zero-order valence-corrected chi connectivity index (χ0v) is 13.3. The molecule has 0 aliphatic rings. The van der Waals surface area contributed by atoms with Crippen LogP contribution in [0.2, 0.25) is 0 Å². The molecule has 3 heterocycles. The van der Waals surface area contributed by atoms with Crippen molar-refractivity contribution in [3.63, 3.8) is 0 Å². The van der Waals surface area contributed by atoms with Crippen LogP contribution in [-0.2, 0) is 6.54 Å². The molecule has 0 N–H and O–H groups in total. The van der Waals surface area contributed by atoms with Crippen molar-refractivity contribution in [1.29, 1.82) is 0 Å². The Bertz CT molecular complexity index is 994. The van der Waals surface area contributed by atoms with E-state index in [2.05, 4.69) is 25.4 Å². The molecule has 4 rings (SSSR count). The molecule has 0 atom stereocenters. The number of rotatable bonds is 4. The molecule has 0 saturated carbocycles. The number of pyridine rings is 1. The molecule has 0 aliphatic carbocycles. The van der Waals surface area contributed by atoms with E-state index in [-0.39, 0.29) is 5.82 Å². The molecule has 0 radical (unpaired) electrons. The van der Waals surface area contributed by atoms with Crippen molar-refractivity contribution in [1.82, 2.24) is 30.1 Å². The van der Waals surface area contributed by atoms with Crippen molar-refractivity contribution >= 4 is 0 Å². The van der Waals surface area contributed by atoms with E-state index in [1.807, 2.05) is 19.1 Å². The van der Waals surface area contributed by atoms with E-state index >= 15 is 0 Å². The monoisotopic (exact) mass is 336 g/mol. The quantitative estimate of drug-likeness (QED) is 0.570. The van der Waals surface area contributed by atoms with Gasteiger partial charge in [-0.15, -0.1) is 5.10 Å². The largest absolute Gasteiger partial charge is 0.332 e. The van der Waals surface area contributed by atoms with E-state index < -0.39 is 0 Å². The van der Waals surface area contributed by atoms with Crippen molar-refractivity contribution in [3.8, 4) is 23.1 Å². The van der Waals surface area contributed by atoms with Crippen LogP contribution in [0.5, 0.6) is 0 Å². The molecule has 0 amide bonds. The first-order chi connectivity index (χ1) is 12.2. The van der Waals surface area contributed by atoms with Crippen LogP contribution in [0, 0.1) is 12.7 Å². The Kier molecular flexibility index (Phi) is 3.77. The second-order valence-corrected chi connectivity index (χ2v) is 5.45. The summed E-state index contributed by atoms with van der Waals surface area (Å²) >= 11 is 0. The van der Waals surface area contributed by atoms with Crippen LogP contribution in [0.1, 0.15) is 11.3 Å². The Hall–Kier alpha value is -3.42. The minimum absolute atomic E-state index is 0.270. The topological polar surface area (TPSA) is 82.5 Å². The second-order valence-electron chi connectivity index (χ2n) is 5.45. The molecule has 0 spiro atoms. The molecule has 25 heavy (non-hydrogen) atoms. The highest BCUT2D eigenvalue weighted by atomic mass is 19.1. The summed E-state index contributed by atoms with van der Waals surface area (Å²) in [6.07, 6.45) is 1.66. The summed E-state index contributed by atoms with van der Waals surface area (Å²) in [6, 6.07) is 11.7. The van der Waals surface area contributed by atoms with Crippen LogP contribution in [0.25, 0.3) is 23.1 Å². The second kappa shape index (κ2) is 6.23. The van der Waals surface area contributed by atoms with Crippen molar-refractivity contribution in [3.05, 3.63) is 65.7 Å². The third-order valence-corrected chi connectivity index (χ3v) is 3.75. The van der Waals surface area contributed by atoms with Gasteiger partial charge in [-0.2, -0.15) is 4.98 Å². The minimum atomic E-state index is -0.270. The Labute approximate surface area is 142 Å². The highest BCUT2D eigenvalue weighted by molar-refractivity contribution is 5.55. The van der Waals surface area contributed by atoms with Gasteiger partial charge in [-0.3, -0.25) is 4.98 Å². The van der Waals surface area contributed by atoms with Crippen LogP contribution in [0.3, 0.4) is 0 Å². The average molecular weight is 336 g/mol. The van der Waals surface area contributed by atoms with Crippen LogP contribution >= 0.6 is 0 Å². The summed E-state index contributed by atoms with van der Waals surface area (Å²) in [7, 11) is 0. The lowest BCUT2D eigenvalue weighted by molar-refractivity contribution is 0.430. The maximum absolute atomic E-state index is 13.0. The lowest BCUT2D eigenvalue weighted by Gasteiger charge is -2.03. The number of nitrogens with zero attached hydrogens (tertiary/aromatic N) is 6. The van der Waals surface area contributed by atoms with Crippen molar-refractivity contribution in [2.45, 2.75) is 13.5 Å². The third-order valence-electron chi connectivity index (χ3n) is 3.75. The van der Waals surface area contributed by atoms with Crippen LogP contribution < -0.4 is 0 Å². The summed E-state index contributed by atoms with van der Waals surface area (Å²) < 4.78 is 20.0. The fraction of sp³-hybridized carbons (Fsp3) is 0.118. The maximum Gasteiger partial charge on any atom is 0.276 e. The summed E-state index contributed by atoms with van der Waals surface area (Å²) in [6.45, 7) is 2.35. The SMILES string of the molecule is Cc1c(-c2noc(-c3ccccn3)n2)nnn1Cc1ccc(F)cc1. The molecule has 7 nitrogen and oxygen atoms in total. The van der Waals surface area contributed by atoms with Gasteiger partial charge in [0.1, 0.15) is 11.5 Å². The van der Waals surface area contributed by atoms with Gasteiger partial charge in [-0.25, -0.2) is 9.07 Å². The lowest BCUT2D eigenvalue weighted by atomic mass is 10.2. The number of aromatic nitrogens is 6. The third kappa shape index (κ3) is 3.01. The molecule has 8 heteroatoms. The Balaban J connectivity index is 1.61. The summed E-state index contributed by atoms with van der Waals surface area (Å²) in [5.41, 5.74) is 2.84. The molecule has 0 fully saturated rings. The van der Waals surface area contributed by atoms with Gasteiger partial charge in [-0.1, -0.05) is 28.6 Å². The van der Waals surface area contributed by atoms with Crippen molar-refractivity contribution in [2.75, 3.05) is 0 Å². The standard InChI is InChI=1S/C17H13FN6O/c1-11-15(16-20-17(25-22-16)14-4-2-3-9-19-14)21-23-24(11)10-12-5-7-13(18)8-6-12/h2-9H,10H2,1H3. The van der Waals surface area contributed by atoms with Gasteiger partial charge in [0.25, 0.3) is 5.89 Å². The van der Waals surface area contributed by atoms with Crippen LogP contribution in [-0.4, -0.2) is 30.1 Å². The van der Waals surface area contributed by atoms with E-state index in [1.54, 1.807) is 29.1 Å². The van der Waals surface area contributed by atoms with E-state index in [9.17, 15) is 4.39 Å². The Morgan fingerprint density at radius 1 is 1.12 bits per heavy atom. The van der Waals surface area contributed by atoms with Gasteiger partial charge in [-0.05, 0) is 36.8 Å². The van der Waals surface area contributed by atoms with Gasteiger partial charge >= 0.3 is 0 Å². The molecule has 0 aliphatic heterocycles. The lowest BCUT2D eigenvalue weighted by Crippen LogP contribution is -2.04. The number of hydrogen-bond donors (Lipinski definition) is 0. The first kappa shape index (κ1) is 15.1. The molecule has 0 saturated heterocycles. The van der Waals surface area contributed by atoms with Gasteiger partial charge in [0.15, 0.2) is 5.69 Å². The Morgan fingerprint density at radius 3 is 2.72 bits per heavy atom. The van der Waals surface area contributed by atoms with E-state index in [4.69, 9.17) is 4.52 Å². The highest BCUT2D eigenvalue weighted by Crippen LogP contribution is 2.21. The first-order valence-corrected chi connectivity index (χ1v) is 7.61. The molecule has 0 bridgehead atoms. The molecule has 4 aromatic rings. The van der Waals surface area contributed by atoms with Crippen LogP contribution in [0.4, 0.5) is 4.39 Å². The minimum Gasteiger partial charge on any atom is -0.332 e. The summed E-state index contributed by atoms with van der Waals surface area (Å²) in [5, 5.41) is 12.2. The number of halogens is 1. The van der Waals surface area contributed by atoms with E-state index in [0.717, 1.165) is 11.3 Å². The Morgan fingerprint density at radius 2 is 1.96 bits per heavy atom. The summed E-state index contributed by atoms with van der Waals surface area (Å²) in [5.74, 6) is 0.403. The van der Waals surface area contributed by atoms with Gasteiger partial charge in [0, 0.05) is 6.20 Å². The predicted octanol–water partition coefficient (Wildman–Crippen LogP) is 2.89. The van der Waals surface area contributed by atoms with Gasteiger partial charge in [0.05, 0.1) is 12.2 Å². The van der Waals surface area contributed by atoms with Crippen molar-refractivity contribution in [2.24, 2.45) is 0 Å². The molecular weight excluding hydrogens is 323 g/mol. The van der Waals surface area contributed by atoms with E-state index in [0.29, 0.717) is 29.6 Å². The maximum atomic E-state index is 13.0. The molecule has 3 aromatic heterocycles. The average Bonchev–Trinajstić information content (AvgIpc) is 3.25. The number of hydrogen-bond acceptors (Lipinski definition) is 6. The van der Waals surface area contributed by atoms with E-state index in [1.165, 1.54) is 12.1 Å². The molecule has 0 unspecified atom stereocenters. The zero-order chi connectivity index (χ0) is 17.2. The predicted molar refractivity (Wildman–Crippen MR) is 86.8 cm³/mol. The van der Waals surface area contributed by atoms with Crippen LogP contribution in [0.15, 0.2) is 53.2 Å². The van der Waals surface area contributed by atoms with Gasteiger partial charge in [0.2, 0.25) is 5.82 Å².